The predicted molar refractivity (Wildman–Crippen MR) is 185 cm³/mol. The molecule has 252 valence electrons. The number of pyridine rings is 2. The highest BCUT2D eigenvalue weighted by molar-refractivity contribution is 6.36. The number of aromatic nitrogens is 3. The number of aliphatic hydroxyl groups excluding tert-OH is 2. The van der Waals surface area contributed by atoms with E-state index < -0.39 is 0 Å². The molecule has 1 fully saturated rings. The Morgan fingerprint density at radius 2 is 1.90 bits per heavy atom. The summed E-state index contributed by atoms with van der Waals surface area (Å²) in [6, 6.07) is 15.8. The van der Waals surface area contributed by atoms with Crippen LogP contribution in [-0.2, 0) is 19.5 Å². The van der Waals surface area contributed by atoms with E-state index >= 15 is 0 Å². The van der Waals surface area contributed by atoms with Gasteiger partial charge in [-0.15, -0.1) is 0 Å². The van der Waals surface area contributed by atoms with Gasteiger partial charge in [0.2, 0.25) is 17.7 Å². The van der Waals surface area contributed by atoms with Crippen molar-refractivity contribution in [3.8, 4) is 40.4 Å². The second-order valence-electron chi connectivity index (χ2n) is 12.1. The lowest BCUT2D eigenvalue weighted by Crippen LogP contribution is -2.23. The molecule has 0 bridgehead atoms. The van der Waals surface area contributed by atoms with Crippen molar-refractivity contribution >= 4 is 34.3 Å². The van der Waals surface area contributed by atoms with Crippen molar-refractivity contribution in [1.82, 2.24) is 19.4 Å². The maximum atomic E-state index is 9.93. The van der Waals surface area contributed by atoms with Gasteiger partial charge in [0.05, 0.1) is 30.4 Å². The van der Waals surface area contributed by atoms with E-state index in [0.29, 0.717) is 57.0 Å². The summed E-state index contributed by atoms with van der Waals surface area (Å²) in [7, 11) is 3.20. The van der Waals surface area contributed by atoms with Gasteiger partial charge in [0.15, 0.2) is 16.6 Å². The minimum absolute atomic E-state index is 0.120. The Hall–Kier alpha value is -4.44. The van der Waals surface area contributed by atoms with Gasteiger partial charge < -0.3 is 28.7 Å². The van der Waals surface area contributed by atoms with E-state index in [9.17, 15) is 15.5 Å². The Morgan fingerprint density at radius 3 is 2.63 bits per heavy atom. The lowest BCUT2D eigenvalue weighted by Gasteiger charge is -2.20. The van der Waals surface area contributed by atoms with Crippen molar-refractivity contribution in [3.05, 3.63) is 86.4 Å². The smallest absolute Gasteiger partial charge is 0.236 e. The molecule has 0 radical (unpaired) electrons. The van der Waals surface area contributed by atoms with Gasteiger partial charge in [-0.25, -0.2) is 4.98 Å². The van der Waals surface area contributed by atoms with Crippen molar-refractivity contribution in [2.45, 2.75) is 44.6 Å². The van der Waals surface area contributed by atoms with Gasteiger partial charge in [-0.3, -0.25) is 9.89 Å². The molecule has 1 aliphatic heterocycles. The number of nitriles is 1. The summed E-state index contributed by atoms with van der Waals surface area (Å²) in [5, 5.41) is 30.2. The first kappa shape index (κ1) is 33.1. The lowest BCUT2D eigenvalue weighted by molar-refractivity contribution is 0.174. The Kier molecular flexibility index (Phi) is 9.33. The zero-order valence-corrected chi connectivity index (χ0v) is 28.5. The molecule has 13 heteroatoms. The van der Waals surface area contributed by atoms with Gasteiger partial charge in [-0.1, -0.05) is 53.5 Å². The molecule has 2 atom stereocenters. The fourth-order valence-electron chi connectivity index (χ4n) is 6.87. The molecule has 3 aromatic heterocycles. The third kappa shape index (κ3) is 6.16. The molecule has 2 N–H and O–H groups in total. The lowest BCUT2D eigenvalue weighted by atomic mass is 9.95. The van der Waals surface area contributed by atoms with E-state index in [-0.39, 0.29) is 36.8 Å². The average Bonchev–Trinajstić information content (AvgIpc) is 3.84. The number of hydrogen-bond donors (Lipinski definition) is 2. The third-order valence-corrected chi connectivity index (χ3v) is 9.80. The van der Waals surface area contributed by atoms with Crippen LogP contribution in [0.25, 0.3) is 33.7 Å². The predicted octanol–water partition coefficient (Wildman–Crippen LogP) is 5.70. The van der Waals surface area contributed by atoms with Crippen LogP contribution in [0, 0.1) is 11.3 Å². The topological polar surface area (TPSA) is 142 Å². The quantitative estimate of drug-likeness (QED) is 0.198. The molecular weight excluding hydrogens is 667 g/mol. The molecule has 0 saturated carbocycles. The van der Waals surface area contributed by atoms with E-state index in [4.69, 9.17) is 42.1 Å². The minimum Gasteiger partial charge on any atom is -0.481 e. The van der Waals surface area contributed by atoms with Crippen LogP contribution in [0.1, 0.15) is 41.2 Å². The first-order valence-corrected chi connectivity index (χ1v) is 16.8. The molecule has 0 spiro atoms. The highest BCUT2D eigenvalue weighted by Gasteiger charge is 2.30. The second-order valence-corrected chi connectivity index (χ2v) is 12.9. The second kappa shape index (κ2) is 13.8. The Labute approximate surface area is 292 Å². The van der Waals surface area contributed by atoms with Crippen molar-refractivity contribution in [2.24, 2.45) is 4.99 Å². The number of fused-ring (bicyclic) bond motifs is 2. The van der Waals surface area contributed by atoms with Crippen LogP contribution >= 0.6 is 23.2 Å². The Balaban J connectivity index is 1.20. The number of hydrogen-bond acceptors (Lipinski definition) is 10. The number of β-amino-alcohol motifs (C(OH)–C–C–N with tert-alkyl or cyclic N) is 1. The zero-order chi connectivity index (χ0) is 34.2. The molecular formula is C36H34Cl2N6O5. The van der Waals surface area contributed by atoms with Gasteiger partial charge in [-0.05, 0) is 48.1 Å². The van der Waals surface area contributed by atoms with Gasteiger partial charge in [0.1, 0.15) is 22.8 Å². The van der Waals surface area contributed by atoms with Gasteiger partial charge in [0.25, 0.3) is 0 Å². The monoisotopic (exact) mass is 700 g/mol. The molecule has 5 aromatic rings. The number of methoxy groups -OCH3 is 1. The number of rotatable bonds is 9. The number of aliphatic hydroxyl groups is 2. The number of halogens is 2. The summed E-state index contributed by atoms with van der Waals surface area (Å²) >= 11 is 13.8. The number of benzene rings is 2. The van der Waals surface area contributed by atoms with Gasteiger partial charge in [-0.2, -0.15) is 10.2 Å². The van der Waals surface area contributed by atoms with Crippen molar-refractivity contribution in [1.29, 1.82) is 5.26 Å². The van der Waals surface area contributed by atoms with Crippen molar-refractivity contribution in [2.75, 3.05) is 33.9 Å². The van der Waals surface area contributed by atoms with Crippen LogP contribution in [0.2, 0.25) is 10.0 Å². The van der Waals surface area contributed by atoms with E-state index in [1.165, 1.54) is 0 Å². The summed E-state index contributed by atoms with van der Waals surface area (Å²) in [5.74, 6) is 1.01. The normalized spacial score (nSPS) is 17.9. The molecule has 0 unspecified atom stereocenters. The highest BCUT2D eigenvalue weighted by atomic mass is 35.5. The van der Waals surface area contributed by atoms with Crippen LogP contribution in [0.4, 0.5) is 0 Å². The molecule has 1 saturated heterocycles. The largest absolute Gasteiger partial charge is 0.481 e. The maximum absolute atomic E-state index is 9.93. The van der Waals surface area contributed by atoms with E-state index in [1.54, 1.807) is 24.9 Å². The summed E-state index contributed by atoms with van der Waals surface area (Å²) in [5.41, 5.74) is 6.82. The van der Waals surface area contributed by atoms with Crippen LogP contribution in [0.3, 0.4) is 0 Å². The maximum Gasteiger partial charge on any atom is 0.236 e. The zero-order valence-electron chi connectivity index (χ0n) is 27.0. The number of likely N-dealkylation sites (tertiary alicyclic amines) is 1. The molecule has 2 aliphatic rings. The molecule has 1 aliphatic carbocycles. The average molecular weight is 702 g/mol. The molecule has 49 heavy (non-hydrogen) atoms. The number of ether oxygens (including phenoxy) is 2. The van der Waals surface area contributed by atoms with Gasteiger partial charge >= 0.3 is 0 Å². The van der Waals surface area contributed by atoms with E-state index in [1.807, 2.05) is 42.5 Å². The summed E-state index contributed by atoms with van der Waals surface area (Å²) in [4.78, 5) is 15.9. The van der Waals surface area contributed by atoms with Crippen LogP contribution < -0.4 is 15.0 Å². The third-order valence-electron chi connectivity index (χ3n) is 9.12. The summed E-state index contributed by atoms with van der Waals surface area (Å²) in [6.07, 6.45) is 3.21. The van der Waals surface area contributed by atoms with Crippen LogP contribution in [0.5, 0.6) is 11.8 Å². The SMILES string of the molecule is CN=c1c2nc(-c3cccc(-c4cccc5c4CC[C@@H]5Oc4nc(OC)c(CN5CC[C@@H](O)C5)cc4Cl)c3Cl)oc2c(C#N)cn1CCO. The highest BCUT2D eigenvalue weighted by Crippen LogP contribution is 2.45. The fourth-order valence-corrected chi connectivity index (χ4v) is 7.39. The number of oxazole rings is 1. The van der Waals surface area contributed by atoms with E-state index in [2.05, 4.69) is 20.9 Å². The van der Waals surface area contributed by atoms with Crippen molar-refractivity contribution < 1.29 is 24.1 Å². The first-order chi connectivity index (χ1) is 23.8. The molecule has 7 rings (SSSR count). The fraction of sp³-hybridized carbons (Fsp3) is 0.333. The van der Waals surface area contributed by atoms with Crippen molar-refractivity contribution in [3.63, 3.8) is 0 Å². The van der Waals surface area contributed by atoms with Crippen LogP contribution in [-0.4, -0.2) is 69.6 Å². The minimum atomic E-state index is -0.322. The first-order valence-electron chi connectivity index (χ1n) is 16.0. The molecule has 4 heterocycles. The van der Waals surface area contributed by atoms with Gasteiger partial charge in [0, 0.05) is 50.6 Å². The standard InChI is InChI=1S/C36H34Cl2N6O5/c1-40-33-31-32(21(16-39)18-44(33)13-14-45)49-35(41-31)27-8-4-7-26(30(27)38)23-5-3-6-25-24(23)9-10-29(25)48-36-28(37)15-20(34(42-36)47-2)17-43-12-11-22(46)19-43/h3-8,15,18,22,29,45-46H,9-14,17,19H2,1-2H3/t22-,29+/m1/s1. The molecule has 0 amide bonds. The summed E-state index contributed by atoms with van der Waals surface area (Å²) in [6.45, 7) is 2.11. The molecule has 11 nitrogen and oxygen atoms in total. The summed E-state index contributed by atoms with van der Waals surface area (Å²) < 4.78 is 19.9. The Morgan fingerprint density at radius 1 is 1.10 bits per heavy atom. The molecule has 2 aromatic carbocycles. The number of nitrogens with zero attached hydrogens (tertiary/aromatic N) is 6. The van der Waals surface area contributed by atoms with E-state index in [0.717, 1.165) is 53.6 Å². The van der Waals surface area contributed by atoms with Crippen LogP contribution in [0.15, 0.2) is 58.1 Å². The Bertz CT molecular complexity index is 2170.